The molecule has 0 radical (unpaired) electrons. The fraction of sp³-hybridized carbons (Fsp3) is 0.857. The summed E-state index contributed by atoms with van der Waals surface area (Å²) in [6.07, 6.45) is 1.76. The fourth-order valence-electron chi connectivity index (χ4n) is 0.849. The SMILES string of the molecule is CCCN(C)CC/C(N)=N/O. The van der Waals surface area contributed by atoms with Crippen molar-refractivity contribution in [3.63, 3.8) is 0 Å². The molecular formula is C7H17N3O. The highest BCUT2D eigenvalue weighted by Crippen LogP contribution is 1.89. The van der Waals surface area contributed by atoms with Crippen molar-refractivity contribution in [3.05, 3.63) is 0 Å². The largest absolute Gasteiger partial charge is 0.409 e. The first kappa shape index (κ1) is 10.2. The predicted octanol–water partition coefficient (Wildman–Crippen LogP) is 0.465. The summed E-state index contributed by atoms with van der Waals surface area (Å²) in [7, 11) is 2.02. The van der Waals surface area contributed by atoms with Gasteiger partial charge in [0, 0.05) is 13.0 Å². The molecule has 0 saturated carbocycles. The second kappa shape index (κ2) is 5.97. The van der Waals surface area contributed by atoms with E-state index in [4.69, 9.17) is 10.9 Å². The highest BCUT2D eigenvalue weighted by Gasteiger charge is 1.97. The molecule has 11 heavy (non-hydrogen) atoms. The number of hydrogen-bond donors (Lipinski definition) is 2. The van der Waals surface area contributed by atoms with Crippen LogP contribution in [-0.2, 0) is 0 Å². The van der Waals surface area contributed by atoms with Crippen molar-refractivity contribution in [1.29, 1.82) is 0 Å². The van der Waals surface area contributed by atoms with Gasteiger partial charge >= 0.3 is 0 Å². The van der Waals surface area contributed by atoms with Crippen LogP contribution in [0.25, 0.3) is 0 Å². The number of oxime groups is 1. The summed E-state index contributed by atoms with van der Waals surface area (Å²) in [4.78, 5) is 2.15. The Labute approximate surface area is 67.7 Å². The van der Waals surface area contributed by atoms with E-state index in [9.17, 15) is 0 Å². The van der Waals surface area contributed by atoms with Gasteiger partial charge in [0.05, 0.1) is 0 Å². The molecule has 0 aromatic carbocycles. The van der Waals surface area contributed by atoms with Gasteiger partial charge in [-0.15, -0.1) is 0 Å². The Kier molecular flexibility index (Phi) is 5.56. The summed E-state index contributed by atoms with van der Waals surface area (Å²) in [6, 6.07) is 0. The average Bonchev–Trinajstić information content (AvgIpc) is 2.01. The van der Waals surface area contributed by atoms with Crippen LogP contribution in [0.1, 0.15) is 19.8 Å². The average molecular weight is 159 g/mol. The number of nitrogens with zero attached hydrogens (tertiary/aromatic N) is 2. The molecule has 3 N–H and O–H groups in total. The van der Waals surface area contributed by atoms with Crippen molar-refractivity contribution >= 4 is 5.84 Å². The van der Waals surface area contributed by atoms with E-state index < -0.39 is 0 Å². The van der Waals surface area contributed by atoms with Gasteiger partial charge in [-0.05, 0) is 20.0 Å². The van der Waals surface area contributed by atoms with Crippen molar-refractivity contribution in [2.75, 3.05) is 20.1 Å². The third kappa shape index (κ3) is 5.66. The van der Waals surface area contributed by atoms with Gasteiger partial charge < -0.3 is 15.8 Å². The number of amidine groups is 1. The minimum atomic E-state index is 0.299. The molecule has 0 aliphatic rings. The summed E-state index contributed by atoms with van der Waals surface area (Å²) >= 11 is 0. The second-order valence-electron chi connectivity index (χ2n) is 2.64. The second-order valence-corrected chi connectivity index (χ2v) is 2.64. The lowest BCUT2D eigenvalue weighted by Crippen LogP contribution is -2.25. The van der Waals surface area contributed by atoms with Crippen LogP contribution in [0.2, 0.25) is 0 Å². The van der Waals surface area contributed by atoms with Crippen LogP contribution in [0.5, 0.6) is 0 Å². The van der Waals surface area contributed by atoms with E-state index >= 15 is 0 Å². The van der Waals surface area contributed by atoms with E-state index in [1.54, 1.807) is 0 Å². The van der Waals surface area contributed by atoms with Crippen LogP contribution in [0.4, 0.5) is 0 Å². The maximum absolute atomic E-state index is 8.22. The topological polar surface area (TPSA) is 61.8 Å². The molecule has 0 rings (SSSR count). The summed E-state index contributed by atoms with van der Waals surface area (Å²) in [6.45, 7) is 4.03. The highest BCUT2D eigenvalue weighted by molar-refractivity contribution is 5.79. The van der Waals surface area contributed by atoms with Gasteiger partial charge in [-0.1, -0.05) is 12.1 Å². The zero-order chi connectivity index (χ0) is 8.69. The van der Waals surface area contributed by atoms with Crippen molar-refractivity contribution < 1.29 is 5.21 Å². The number of rotatable bonds is 5. The first-order valence-corrected chi connectivity index (χ1v) is 3.85. The Hall–Kier alpha value is -0.770. The van der Waals surface area contributed by atoms with Crippen molar-refractivity contribution in [1.82, 2.24) is 4.90 Å². The quantitative estimate of drug-likeness (QED) is 0.265. The van der Waals surface area contributed by atoms with E-state index in [-0.39, 0.29) is 0 Å². The lowest BCUT2D eigenvalue weighted by Gasteiger charge is -2.13. The van der Waals surface area contributed by atoms with Gasteiger partial charge in [0.25, 0.3) is 0 Å². The summed E-state index contributed by atoms with van der Waals surface area (Å²) < 4.78 is 0. The first-order chi connectivity index (χ1) is 5.20. The molecular weight excluding hydrogens is 142 g/mol. The molecule has 0 aromatic heterocycles. The molecule has 0 fully saturated rings. The number of hydrogen-bond acceptors (Lipinski definition) is 3. The molecule has 66 valence electrons. The molecule has 0 aliphatic heterocycles. The van der Waals surface area contributed by atoms with E-state index in [1.165, 1.54) is 0 Å². The van der Waals surface area contributed by atoms with E-state index in [1.807, 2.05) is 7.05 Å². The van der Waals surface area contributed by atoms with Gasteiger partial charge in [0.1, 0.15) is 5.84 Å². The first-order valence-electron chi connectivity index (χ1n) is 3.85. The molecule has 0 atom stereocenters. The molecule has 4 heteroatoms. The van der Waals surface area contributed by atoms with Crippen LogP contribution in [0, 0.1) is 0 Å². The highest BCUT2D eigenvalue weighted by atomic mass is 16.4. The van der Waals surface area contributed by atoms with Crippen molar-refractivity contribution in [3.8, 4) is 0 Å². The minimum absolute atomic E-state index is 0.299. The van der Waals surface area contributed by atoms with E-state index in [0.29, 0.717) is 12.3 Å². The van der Waals surface area contributed by atoms with Gasteiger partial charge in [0.2, 0.25) is 0 Å². The fourth-order valence-corrected chi connectivity index (χ4v) is 0.849. The van der Waals surface area contributed by atoms with E-state index in [2.05, 4.69) is 17.0 Å². The number of nitrogens with two attached hydrogens (primary N) is 1. The van der Waals surface area contributed by atoms with Crippen LogP contribution in [0.3, 0.4) is 0 Å². The third-order valence-corrected chi connectivity index (χ3v) is 1.48. The van der Waals surface area contributed by atoms with Crippen LogP contribution in [-0.4, -0.2) is 36.1 Å². The normalized spacial score (nSPS) is 12.5. The summed E-state index contributed by atoms with van der Waals surface area (Å²) in [5, 5.41) is 11.1. The molecule has 0 unspecified atom stereocenters. The van der Waals surface area contributed by atoms with Crippen molar-refractivity contribution in [2.45, 2.75) is 19.8 Å². The van der Waals surface area contributed by atoms with Gasteiger partial charge in [-0.2, -0.15) is 0 Å². The van der Waals surface area contributed by atoms with Gasteiger partial charge in [-0.3, -0.25) is 0 Å². The minimum Gasteiger partial charge on any atom is -0.409 e. The predicted molar refractivity (Wildman–Crippen MR) is 45.8 cm³/mol. The van der Waals surface area contributed by atoms with E-state index in [0.717, 1.165) is 19.5 Å². The van der Waals surface area contributed by atoms with Gasteiger partial charge in [0.15, 0.2) is 0 Å². The smallest absolute Gasteiger partial charge is 0.140 e. The lowest BCUT2D eigenvalue weighted by molar-refractivity contribution is 0.311. The van der Waals surface area contributed by atoms with Gasteiger partial charge in [-0.25, -0.2) is 0 Å². The Bertz CT molecular complexity index is 125. The molecule has 0 saturated heterocycles. The Balaban J connectivity index is 3.37. The zero-order valence-electron chi connectivity index (χ0n) is 7.25. The zero-order valence-corrected chi connectivity index (χ0v) is 7.25. The lowest BCUT2D eigenvalue weighted by atomic mass is 10.3. The summed E-state index contributed by atoms with van der Waals surface area (Å²) in [5.74, 6) is 0.299. The van der Waals surface area contributed by atoms with Crippen LogP contribution in [0.15, 0.2) is 5.16 Å². The molecule has 0 aliphatic carbocycles. The Morgan fingerprint density at radius 2 is 2.18 bits per heavy atom. The molecule has 0 heterocycles. The monoisotopic (exact) mass is 159 g/mol. The van der Waals surface area contributed by atoms with Crippen molar-refractivity contribution in [2.24, 2.45) is 10.9 Å². The Morgan fingerprint density at radius 1 is 1.55 bits per heavy atom. The molecule has 0 amide bonds. The molecule has 4 nitrogen and oxygen atoms in total. The third-order valence-electron chi connectivity index (χ3n) is 1.48. The molecule has 0 spiro atoms. The standard InChI is InChI=1S/C7H17N3O/c1-3-5-10(2)6-4-7(8)9-11/h11H,3-6H2,1-2H3,(H2,8,9). The molecule has 0 aromatic rings. The molecule has 0 bridgehead atoms. The maximum atomic E-state index is 8.22. The van der Waals surface area contributed by atoms with Crippen LogP contribution >= 0.6 is 0 Å². The van der Waals surface area contributed by atoms with Crippen LogP contribution < -0.4 is 5.73 Å². The Morgan fingerprint density at radius 3 is 2.64 bits per heavy atom. The summed E-state index contributed by atoms with van der Waals surface area (Å²) in [5.41, 5.74) is 5.29. The maximum Gasteiger partial charge on any atom is 0.140 e.